The van der Waals surface area contributed by atoms with Crippen LogP contribution < -0.4 is 15.1 Å². The fourth-order valence-electron chi connectivity index (χ4n) is 5.78. The molecule has 1 fully saturated rings. The van der Waals surface area contributed by atoms with Crippen molar-refractivity contribution in [2.24, 2.45) is 0 Å². The monoisotopic (exact) mass is 620 g/mol. The summed E-state index contributed by atoms with van der Waals surface area (Å²) < 4.78 is 2.30. The summed E-state index contributed by atoms with van der Waals surface area (Å²) in [5.74, 6) is 0. The molecule has 8 nitrogen and oxygen atoms in total. The van der Waals surface area contributed by atoms with E-state index in [0.717, 1.165) is 43.9 Å². The van der Waals surface area contributed by atoms with Gasteiger partial charge in [0.25, 0.3) is 5.69 Å². The molecule has 0 unspecified atom stereocenters. The van der Waals surface area contributed by atoms with Gasteiger partial charge in [-0.25, -0.2) is 0 Å². The molecule has 3 aromatic carbocycles. The third kappa shape index (κ3) is 5.66. The third-order valence-corrected chi connectivity index (χ3v) is 9.24. The van der Waals surface area contributed by atoms with Crippen LogP contribution in [0.4, 0.5) is 17.1 Å². The molecule has 222 valence electrons. The van der Waals surface area contributed by atoms with E-state index in [-0.39, 0.29) is 22.7 Å². The standard InChI is InChI=1S/C34H32N6O2S2/c1-22-21-30(23(2)38(22)25-10-8-24(9-11-25)37(3)4)33-32(31-7-5-6-20-35-31)36-34(43)39(33)26-12-16-28(17-13-26)44-29-18-14-27(15-19-29)40(41)42/h5-21,32-33H,1-4H3,(H,36,43)/t32-,33-/m1/s1. The maximum atomic E-state index is 11.0. The Morgan fingerprint density at radius 2 is 1.55 bits per heavy atom. The smallest absolute Gasteiger partial charge is 0.269 e. The van der Waals surface area contributed by atoms with Crippen LogP contribution in [0.5, 0.6) is 0 Å². The molecule has 2 atom stereocenters. The van der Waals surface area contributed by atoms with Crippen molar-refractivity contribution < 1.29 is 4.92 Å². The number of nitrogens with zero attached hydrogens (tertiary/aromatic N) is 5. The number of pyridine rings is 1. The second kappa shape index (κ2) is 12.1. The number of rotatable bonds is 8. The summed E-state index contributed by atoms with van der Waals surface area (Å²) >= 11 is 7.53. The van der Waals surface area contributed by atoms with Gasteiger partial charge < -0.3 is 19.7 Å². The van der Waals surface area contributed by atoms with E-state index in [4.69, 9.17) is 17.2 Å². The minimum atomic E-state index is -0.386. The number of nitrogens with one attached hydrogen (secondary N) is 1. The summed E-state index contributed by atoms with van der Waals surface area (Å²) in [4.78, 5) is 21.6. The predicted molar refractivity (Wildman–Crippen MR) is 181 cm³/mol. The van der Waals surface area contributed by atoms with Gasteiger partial charge in [0, 0.05) is 70.7 Å². The van der Waals surface area contributed by atoms with Crippen molar-refractivity contribution in [3.8, 4) is 5.69 Å². The lowest BCUT2D eigenvalue weighted by Gasteiger charge is -2.28. The Hall–Kier alpha value is -4.67. The lowest BCUT2D eigenvalue weighted by molar-refractivity contribution is -0.384. The highest BCUT2D eigenvalue weighted by molar-refractivity contribution is 7.99. The number of hydrogen-bond donors (Lipinski definition) is 1. The summed E-state index contributed by atoms with van der Waals surface area (Å²) in [6.07, 6.45) is 1.82. The summed E-state index contributed by atoms with van der Waals surface area (Å²) in [6, 6.07) is 31.4. The number of aromatic nitrogens is 2. The highest BCUT2D eigenvalue weighted by Gasteiger charge is 2.42. The molecular weight excluding hydrogens is 589 g/mol. The van der Waals surface area contributed by atoms with Crippen LogP contribution in [0.1, 0.15) is 34.7 Å². The van der Waals surface area contributed by atoms with Crippen LogP contribution >= 0.6 is 24.0 Å². The molecule has 1 N–H and O–H groups in total. The largest absolute Gasteiger partial charge is 0.378 e. The van der Waals surface area contributed by atoms with Gasteiger partial charge in [-0.15, -0.1) is 0 Å². The lowest BCUT2D eigenvalue weighted by Crippen LogP contribution is -2.29. The van der Waals surface area contributed by atoms with E-state index in [9.17, 15) is 10.1 Å². The first-order valence-corrected chi connectivity index (χ1v) is 15.4. The molecule has 0 saturated carbocycles. The number of aryl methyl sites for hydroxylation is 1. The zero-order valence-electron chi connectivity index (χ0n) is 24.8. The maximum Gasteiger partial charge on any atom is 0.269 e. The normalized spacial score (nSPS) is 16.2. The van der Waals surface area contributed by atoms with Crippen LogP contribution in [0, 0.1) is 24.0 Å². The van der Waals surface area contributed by atoms with E-state index < -0.39 is 0 Å². The van der Waals surface area contributed by atoms with Gasteiger partial charge >= 0.3 is 0 Å². The van der Waals surface area contributed by atoms with Gasteiger partial charge in [-0.05, 0) is 110 Å². The van der Waals surface area contributed by atoms with Gasteiger partial charge in [0.15, 0.2) is 5.11 Å². The third-order valence-electron chi connectivity index (χ3n) is 7.91. The molecule has 5 aromatic rings. The van der Waals surface area contributed by atoms with Gasteiger partial charge in [-0.1, -0.05) is 17.8 Å². The maximum absolute atomic E-state index is 11.0. The van der Waals surface area contributed by atoms with Crippen LogP contribution in [0.2, 0.25) is 0 Å². The van der Waals surface area contributed by atoms with Gasteiger partial charge in [0.1, 0.15) is 0 Å². The van der Waals surface area contributed by atoms with E-state index in [0.29, 0.717) is 5.11 Å². The number of nitro benzene ring substituents is 1. The Balaban J connectivity index is 1.36. The summed E-state index contributed by atoms with van der Waals surface area (Å²) in [7, 11) is 4.09. The quantitative estimate of drug-likeness (QED) is 0.107. The molecule has 0 amide bonds. The average Bonchev–Trinajstić information content (AvgIpc) is 3.52. The fourth-order valence-corrected chi connectivity index (χ4v) is 6.94. The molecular formula is C34H32N6O2S2. The lowest BCUT2D eigenvalue weighted by atomic mass is 9.96. The summed E-state index contributed by atoms with van der Waals surface area (Å²) in [5.41, 5.74) is 7.70. The Morgan fingerprint density at radius 1 is 0.909 bits per heavy atom. The Kier molecular flexibility index (Phi) is 8.11. The molecule has 1 saturated heterocycles. The molecule has 44 heavy (non-hydrogen) atoms. The Morgan fingerprint density at radius 3 is 2.14 bits per heavy atom. The molecule has 1 aliphatic rings. The van der Waals surface area contributed by atoms with Gasteiger partial charge in [0.2, 0.25) is 0 Å². The van der Waals surface area contributed by atoms with E-state index in [1.165, 1.54) is 17.7 Å². The van der Waals surface area contributed by atoms with E-state index in [1.807, 2.05) is 38.5 Å². The van der Waals surface area contributed by atoms with Crippen LogP contribution in [-0.2, 0) is 0 Å². The topological polar surface area (TPSA) is 79.5 Å². The number of anilines is 2. The second-order valence-electron chi connectivity index (χ2n) is 10.9. The Labute approximate surface area is 266 Å². The van der Waals surface area contributed by atoms with Crippen molar-refractivity contribution in [2.45, 2.75) is 35.7 Å². The second-order valence-corrected chi connectivity index (χ2v) is 12.4. The molecule has 0 radical (unpaired) electrons. The average molecular weight is 621 g/mol. The molecule has 0 spiro atoms. The fraction of sp³-hybridized carbons (Fsp3) is 0.176. The van der Waals surface area contributed by atoms with Gasteiger partial charge in [-0.2, -0.15) is 0 Å². The van der Waals surface area contributed by atoms with E-state index in [1.54, 1.807) is 23.9 Å². The number of non-ortho nitro benzene ring substituents is 1. The van der Waals surface area contributed by atoms with Crippen LogP contribution in [0.25, 0.3) is 5.69 Å². The van der Waals surface area contributed by atoms with Crippen molar-refractivity contribution >= 4 is 46.2 Å². The van der Waals surface area contributed by atoms with Crippen molar-refractivity contribution in [1.82, 2.24) is 14.9 Å². The van der Waals surface area contributed by atoms with Crippen LogP contribution in [0.15, 0.2) is 113 Å². The van der Waals surface area contributed by atoms with Gasteiger partial charge in [-0.3, -0.25) is 15.1 Å². The first-order chi connectivity index (χ1) is 21.2. The minimum absolute atomic E-state index is 0.0817. The van der Waals surface area contributed by atoms with E-state index >= 15 is 0 Å². The molecule has 0 bridgehead atoms. The van der Waals surface area contributed by atoms with Crippen LogP contribution in [0.3, 0.4) is 0 Å². The zero-order valence-corrected chi connectivity index (χ0v) is 26.5. The first-order valence-electron chi connectivity index (χ1n) is 14.2. The minimum Gasteiger partial charge on any atom is -0.378 e. The molecule has 1 aliphatic heterocycles. The molecule has 2 aromatic heterocycles. The number of nitro groups is 1. The number of thiocarbonyl (C=S) groups is 1. The van der Waals surface area contributed by atoms with Crippen molar-refractivity contribution in [1.29, 1.82) is 0 Å². The van der Waals surface area contributed by atoms with E-state index in [2.05, 4.69) is 88.1 Å². The summed E-state index contributed by atoms with van der Waals surface area (Å²) in [6.45, 7) is 4.31. The molecule has 6 rings (SSSR count). The predicted octanol–water partition coefficient (Wildman–Crippen LogP) is 7.79. The zero-order chi connectivity index (χ0) is 31.0. The summed E-state index contributed by atoms with van der Waals surface area (Å²) in [5, 5.41) is 15.2. The molecule has 0 aliphatic carbocycles. The van der Waals surface area contributed by atoms with Gasteiger partial charge in [0.05, 0.1) is 22.7 Å². The first kappa shape index (κ1) is 29.4. The highest BCUT2D eigenvalue weighted by atomic mass is 32.2. The SMILES string of the molecule is Cc1cc([C@@H]2[C@@H](c3ccccn3)NC(=S)N2c2ccc(Sc3ccc([N+](=O)[O-])cc3)cc2)c(C)n1-c1ccc(N(C)C)cc1. The number of benzene rings is 3. The van der Waals surface area contributed by atoms with Crippen molar-refractivity contribution in [3.05, 3.63) is 136 Å². The van der Waals surface area contributed by atoms with Crippen molar-refractivity contribution in [3.63, 3.8) is 0 Å². The molecule has 10 heteroatoms. The highest BCUT2D eigenvalue weighted by Crippen LogP contribution is 2.44. The van der Waals surface area contributed by atoms with Crippen molar-refractivity contribution in [2.75, 3.05) is 23.9 Å². The van der Waals surface area contributed by atoms with Crippen LogP contribution in [-0.4, -0.2) is 33.7 Å². The molecule has 3 heterocycles. The Bertz CT molecular complexity index is 1800. The number of hydrogen-bond acceptors (Lipinski definition) is 6.